The van der Waals surface area contributed by atoms with E-state index in [-0.39, 0.29) is 0 Å². The van der Waals surface area contributed by atoms with Crippen LogP contribution >= 0.6 is 0 Å². The van der Waals surface area contributed by atoms with E-state index < -0.39 is 0 Å². The van der Waals surface area contributed by atoms with Crippen LogP contribution in [0, 0.1) is 5.92 Å². The first kappa shape index (κ1) is 15.0. The lowest BCUT2D eigenvalue weighted by Crippen LogP contribution is -2.22. The zero-order valence-corrected chi connectivity index (χ0v) is 12.2. The molecule has 0 bridgehead atoms. The first-order chi connectivity index (χ1) is 8.65. The summed E-state index contributed by atoms with van der Waals surface area (Å²) in [7, 11) is 0. The van der Waals surface area contributed by atoms with E-state index in [1.165, 1.54) is 18.5 Å². The summed E-state index contributed by atoms with van der Waals surface area (Å²) in [4.78, 5) is 4.38. The number of pyridine rings is 1. The first-order valence-corrected chi connectivity index (χ1v) is 7.07. The predicted octanol–water partition coefficient (Wildman–Crippen LogP) is 3.43. The number of anilines is 1. The second-order valence-corrected chi connectivity index (χ2v) is 5.13. The van der Waals surface area contributed by atoms with Crippen molar-refractivity contribution in [1.82, 2.24) is 10.3 Å². The van der Waals surface area contributed by atoms with E-state index in [2.05, 4.69) is 49.4 Å². The zero-order valence-electron chi connectivity index (χ0n) is 12.2. The maximum absolute atomic E-state index is 4.38. The van der Waals surface area contributed by atoms with Gasteiger partial charge in [0.05, 0.1) is 5.69 Å². The smallest absolute Gasteiger partial charge is 0.0562 e. The van der Waals surface area contributed by atoms with Crippen LogP contribution in [0.2, 0.25) is 0 Å². The molecule has 0 atom stereocenters. The number of aromatic nitrogens is 1. The highest BCUT2D eigenvalue weighted by Crippen LogP contribution is 2.12. The van der Waals surface area contributed by atoms with Crippen molar-refractivity contribution in [2.45, 2.75) is 53.1 Å². The van der Waals surface area contributed by atoms with Gasteiger partial charge in [0, 0.05) is 31.0 Å². The molecule has 0 saturated carbocycles. The number of hydrogen-bond donors (Lipinski definition) is 2. The van der Waals surface area contributed by atoms with Crippen molar-refractivity contribution in [3.05, 3.63) is 24.0 Å². The van der Waals surface area contributed by atoms with Gasteiger partial charge in [0.15, 0.2) is 0 Å². The Morgan fingerprint density at radius 1 is 1.22 bits per heavy atom. The third-order valence-corrected chi connectivity index (χ3v) is 3.26. The second kappa shape index (κ2) is 8.09. The van der Waals surface area contributed by atoms with Crippen molar-refractivity contribution in [2.24, 2.45) is 5.92 Å². The minimum absolute atomic E-state index is 0.493. The van der Waals surface area contributed by atoms with Crippen LogP contribution in [0.15, 0.2) is 18.3 Å². The predicted molar refractivity (Wildman–Crippen MR) is 78.8 cm³/mol. The minimum Gasteiger partial charge on any atom is -0.385 e. The Kier molecular flexibility index (Phi) is 6.73. The molecule has 1 rings (SSSR count). The van der Waals surface area contributed by atoms with Gasteiger partial charge in [0.25, 0.3) is 0 Å². The third-order valence-electron chi connectivity index (χ3n) is 3.26. The molecule has 0 aliphatic rings. The zero-order chi connectivity index (χ0) is 13.4. The Bertz CT molecular complexity index is 332. The molecule has 0 saturated heterocycles. The van der Waals surface area contributed by atoms with Gasteiger partial charge in [-0.05, 0) is 18.1 Å². The molecule has 0 spiro atoms. The molecule has 0 aliphatic heterocycles. The Morgan fingerprint density at radius 3 is 2.56 bits per heavy atom. The average molecular weight is 249 g/mol. The van der Waals surface area contributed by atoms with E-state index in [9.17, 15) is 0 Å². The highest BCUT2D eigenvalue weighted by atomic mass is 14.9. The van der Waals surface area contributed by atoms with Crippen LogP contribution in [-0.2, 0) is 6.54 Å². The van der Waals surface area contributed by atoms with Crippen LogP contribution < -0.4 is 10.6 Å². The summed E-state index contributed by atoms with van der Waals surface area (Å²) in [6, 6.07) is 4.67. The highest BCUT2D eigenvalue weighted by molar-refractivity contribution is 5.43. The summed E-state index contributed by atoms with van der Waals surface area (Å²) >= 11 is 0. The van der Waals surface area contributed by atoms with E-state index in [0.717, 1.165) is 24.7 Å². The lowest BCUT2D eigenvalue weighted by atomic mass is 10.0. The summed E-state index contributed by atoms with van der Waals surface area (Å²) in [5.41, 5.74) is 2.27. The fraction of sp³-hybridized carbons (Fsp3) is 0.667. The summed E-state index contributed by atoms with van der Waals surface area (Å²) in [6.07, 6.45) is 4.35. The fourth-order valence-corrected chi connectivity index (χ4v) is 1.83. The van der Waals surface area contributed by atoms with Crippen molar-refractivity contribution < 1.29 is 0 Å². The Morgan fingerprint density at radius 2 is 1.94 bits per heavy atom. The molecule has 3 heteroatoms. The molecule has 3 nitrogen and oxygen atoms in total. The lowest BCUT2D eigenvalue weighted by Gasteiger charge is -2.15. The van der Waals surface area contributed by atoms with Crippen LogP contribution in [0.25, 0.3) is 0 Å². The Hall–Kier alpha value is -1.09. The van der Waals surface area contributed by atoms with Crippen LogP contribution in [-0.4, -0.2) is 17.6 Å². The molecule has 0 fully saturated rings. The topological polar surface area (TPSA) is 37.0 Å². The molecule has 0 aromatic carbocycles. The maximum atomic E-state index is 4.38. The Balaban J connectivity index is 2.48. The molecule has 1 aromatic heterocycles. The van der Waals surface area contributed by atoms with Crippen molar-refractivity contribution in [1.29, 1.82) is 0 Å². The summed E-state index contributed by atoms with van der Waals surface area (Å²) in [5.74, 6) is 0.760. The van der Waals surface area contributed by atoms with E-state index in [0.29, 0.717) is 6.04 Å². The lowest BCUT2D eigenvalue weighted by molar-refractivity contribution is 0.519. The monoisotopic (exact) mass is 249 g/mol. The second-order valence-electron chi connectivity index (χ2n) is 5.13. The standard InChI is InChI=1S/C15H27N3/c1-5-13(6-2)10-18-14-7-8-16-15(9-14)11-17-12(3)4/h7-9,12-13,17H,5-6,10-11H2,1-4H3,(H,16,18). The third kappa shape index (κ3) is 5.50. The quantitative estimate of drug-likeness (QED) is 0.741. The van der Waals surface area contributed by atoms with E-state index in [1.807, 2.05) is 12.3 Å². The molecule has 1 aromatic rings. The molecule has 2 N–H and O–H groups in total. The van der Waals surface area contributed by atoms with Gasteiger partial charge in [-0.3, -0.25) is 4.98 Å². The van der Waals surface area contributed by atoms with Crippen molar-refractivity contribution >= 4 is 5.69 Å². The van der Waals surface area contributed by atoms with Crippen LogP contribution in [0.5, 0.6) is 0 Å². The summed E-state index contributed by atoms with van der Waals surface area (Å²) < 4.78 is 0. The van der Waals surface area contributed by atoms with Crippen molar-refractivity contribution in [2.75, 3.05) is 11.9 Å². The molecule has 0 amide bonds. The fourth-order valence-electron chi connectivity index (χ4n) is 1.83. The molecule has 18 heavy (non-hydrogen) atoms. The van der Waals surface area contributed by atoms with Gasteiger partial charge < -0.3 is 10.6 Å². The molecule has 102 valence electrons. The van der Waals surface area contributed by atoms with Gasteiger partial charge in [-0.25, -0.2) is 0 Å². The molecular formula is C15H27N3. The van der Waals surface area contributed by atoms with E-state index >= 15 is 0 Å². The van der Waals surface area contributed by atoms with Gasteiger partial charge in [-0.15, -0.1) is 0 Å². The van der Waals surface area contributed by atoms with Crippen molar-refractivity contribution in [3.63, 3.8) is 0 Å². The number of hydrogen-bond acceptors (Lipinski definition) is 3. The SMILES string of the molecule is CCC(CC)CNc1ccnc(CNC(C)C)c1. The first-order valence-electron chi connectivity index (χ1n) is 7.07. The van der Waals surface area contributed by atoms with E-state index in [1.54, 1.807) is 0 Å². The van der Waals surface area contributed by atoms with Crippen molar-refractivity contribution in [3.8, 4) is 0 Å². The molecule has 0 unspecified atom stereocenters. The summed E-state index contributed by atoms with van der Waals surface area (Å²) in [5, 5.41) is 6.89. The maximum Gasteiger partial charge on any atom is 0.0562 e. The minimum atomic E-state index is 0.493. The van der Waals surface area contributed by atoms with Gasteiger partial charge in [-0.2, -0.15) is 0 Å². The van der Waals surface area contributed by atoms with Gasteiger partial charge in [0.1, 0.15) is 0 Å². The van der Waals surface area contributed by atoms with Crippen LogP contribution in [0.1, 0.15) is 46.2 Å². The van der Waals surface area contributed by atoms with Gasteiger partial charge in [-0.1, -0.05) is 40.5 Å². The normalized spacial score (nSPS) is 11.2. The highest BCUT2D eigenvalue weighted by Gasteiger charge is 2.03. The van der Waals surface area contributed by atoms with Gasteiger partial charge in [0.2, 0.25) is 0 Å². The number of nitrogens with one attached hydrogen (secondary N) is 2. The van der Waals surface area contributed by atoms with E-state index in [4.69, 9.17) is 0 Å². The largest absolute Gasteiger partial charge is 0.385 e. The van der Waals surface area contributed by atoms with Crippen LogP contribution in [0.3, 0.4) is 0 Å². The molecule has 1 heterocycles. The van der Waals surface area contributed by atoms with Gasteiger partial charge >= 0.3 is 0 Å². The molecular weight excluding hydrogens is 222 g/mol. The summed E-state index contributed by atoms with van der Waals surface area (Å²) in [6.45, 7) is 10.7. The average Bonchev–Trinajstić information content (AvgIpc) is 2.38. The number of rotatable bonds is 8. The molecule has 0 aliphatic carbocycles. The molecule has 0 radical (unpaired) electrons. The number of nitrogens with zero attached hydrogens (tertiary/aromatic N) is 1. The van der Waals surface area contributed by atoms with Crippen LogP contribution in [0.4, 0.5) is 5.69 Å². The Labute approximate surface area is 111 Å².